The van der Waals surface area contributed by atoms with Crippen molar-refractivity contribution in [3.8, 4) is 5.75 Å². The van der Waals surface area contributed by atoms with Crippen LogP contribution in [0, 0.1) is 0 Å². The molecule has 1 aliphatic carbocycles. The van der Waals surface area contributed by atoms with Gasteiger partial charge in [-0.05, 0) is 36.7 Å². The highest BCUT2D eigenvalue weighted by Gasteiger charge is 2.42. The van der Waals surface area contributed by atoms with E-state index in [4.69, 9.17) is 4.74 Å². The topological polar surface area (TPSA) is 86.7 Å². The van der Waals surface area contributed by atoms with Crippen molar-refractivity contribution in [2.45, 2.75) is 43.0 Å². The number of amidine groups is 1. The van der Waals surface area contributed by atoms with Crippen LogP contribution in [0.15, 0.2) is 44.3 Å². The van der Waals surface area contributed by atoms with Crippen LogP contribution in [0.1, 0.15) is 32.1 Å². The number of fused-ring (bicyclic) bond motifs is 1. The number of thioether (sulfide) groups is 2. The molecule has 1 saturated heterocycles. The van der Waals surface area contributed by atoms with Gasteiger partial charge >= 0.3 is 0 Å². The fourth-order valence-corrected chi connectivity index (χ4v) is 6.42. The maximum atomic E-state index is 13.6. The molecule has 156 valence electrons. The molecule has 0 radical (unpaired) electrons. The first-order valence-electron chi connectivity index (χ1n) is 9.95. The van der Waals surface area contributed by atoms with E-state index >= 15 is 0 Å². The molecule has 10 heteroatoms. The maximum absolute atomic E-state index is 13.6. The number of H-pyrrole nitrogens is 1. The van der Waals surface area contributed by atoms with E-state index in [2.05, 4.69) is 25.1 Å². The Morgan fingerprint density at radius 2 is 2.07 bits per heavy atom. The number of nitrogens with zero attached hydrogens (tertiary/aromatic N) is 5. The van der Waals surface area contributed by atoms with Crippen molar-refractivity contribution >= 4 is 46.2 Å². The van der Waals surface area contributed by atoms with Crippen LogP contribution in [0.2, 0.25) is 0 Å². The van der Waals surface area contributed by atoms with Crippen LogP contribution in [0.5, 0.6) is 5.75 Å². The number of hydrogen-bond acceptors (Lipinski definition) is 8. The predicted molar refractivity (Wildman–Crippen MR) is 119 cm³/mol. The van der Waals surface area contributed by atoms with E-state index in [1.54, 1.807) is 18.9 Å². The molecule has 0 spiro atoms. The van der Waals surface area contributed by atoms with Gasteiger partial charge in [0.15, 0.2) is 5.17 Å². The van der Waals surface area contributed by atoms with Gasteiger partial charge in [0.1, 0.15) is 17.0 Å². The molecule has 0 unspecified atom stereocenters. The van der Waals surface area contributed by atoms with Gasteiger partial charge in [-0.1, -0.05) is 31.0 Å². The maximum Gasteiger partial charge on any atom is 0.269 e. The number of aliphatic imine (C=N–C) groups is 1. The van der Waals surface area contributed by atoms with Crippen LogP contribution in [-0.4, -0.2) is 51.4 Å². The van der Waals surface area contributed by atoms with Crippen molar-refractivity contribution in [2.24, 2.45) is 4.99 Å². The van der Waals surface area contributed by atoms with Crippen LogP contribution < -0.4 is 9.64 Å². The first kappa shape index (κ1) is 19.5. The number of carbonyl (C=O) groups excluding carboxylic acids is 1. The van der Waals surface area contributed by atoms with Crippen molar-refractivity contribution in [1.82, 2.24) is 20.1 Å². The minimum atomic E-state index is 0.0271. The summed E-state index contributed by atoms with van der Waals surface area (Å²) in [5.74, 6) is 1.24. The molecule has 0 bridgehead atoms. The molecule has 2 aromatic rings. The number of amides is 1. The van der Waals surface area contributed by atoms with Gasteiger partial charge in [0.05, 0.1) is 17.8 Å². The monoisotopic (exact) mass is 442 g/mol. The zero-order valence-electron chi connectivity index (χ0n) is 16.8. The lowest BCUT2D eigenvalue weighted by molar-refractivity contribution is -0.124. The summed E-state index contributed by atoms with van der Waals surface area (Å²) in [7, 11) is 3.65. The van der Waals surface area contributed by atoms with E-state index in [1.165, 1.54) is 24.5 Å². The van der Waals surface area contributed by atoms with Crippen LogP contribution in [0.25, 0.3) is 0 Å². The van der Waals surface area contributed by atoms with Crippen LogP contribution >= 0.6 is 23.5 Å². The summed E-state index contributed by atoms with van der Waals surface area (Å²) in [4.78, 5) is 28.1. The summed E-state index contributed by atoms with van der Waals surface area (Å²) in [6, 6.07) is 6.16. The van der Waals surface area contributed by atoms with E-state index in [1.807, 2.05) is 30.1 Å². The standard InChI is InChI=1S/C20H22N6O2S2/c1-25-14-10-13(28-2)8-9-15(14)29-18(25)16-17(27)26(12-6-4-3-5-7-12)20(30-16)23-19-21-11-22-24-19/h8-12H,3-7H2,1-2H3,(H,21,22,24). The van der Waals surface area contributed by atoms with Crippen LogP contribution in [-0.2, 0) is 4.79 Å². The lowest BCUT2D eigenvalue weighted by Crippen LogP contribution is -2.40. The van der Waals surface area contributed by atoms with E-state index < -0.39 is 0 Å². The average Bonchev–Trinajstić information content (AvgIpc) is 3.47. The number of rotatable bonds is 3. The number of anilines is 1. The molecule has 1 amide bonds. The molecule has 3 aliphatic rings. The Morgan fingerprint density at radius 3 is 2.80 bits per heavy atom. The summed E-state index contributed by atoms with van der Waals surface area (Å²) in [6.07, 6.45) is 6.94. The molecule has 30 heavy (non-hydrogen) atoms. The molecule has 2 fully saturated rings. The highest BCUT2D eigenvalue weighted by molar-refractivity contribution is 8.19. The number of benzene rings is 1. The minimum absolute atomic E-state index is 0.0271. The Bertz CT molecular complexity index is 1030. The van der Waals surface area contributed by atoms with E-state index in [0.717, 1.165) is 47.0 Å². The third-order valence-electron chi connectivity index (χ3n) is 5.59. The van der Waals surface area contributed by atoms with Crippen LogP contribution in [0.3, 0.4) is 0 Å². The van der Waals surface area contributed by atoms with Crippen molar-refractivity contribution < 1.29 is 9.53 Å². The second kappa shape index (κ2) is 7.99. The summed E-state index contributed by atoms with van der Waals surface area (Å²) in [5.41, 5.74) is 1.04. The fourth-order valence-electron chi connectivity index (χ4n) is 4.05. The van der Waals surface area contributed by atoms with Crippen LogP contribution in [0.4, 0.5) is 11.6 Å². The third-order valence-corrected chi connectivity index (χ3v) is 8.00. The quantitative estimate of drug-likeness (QED) is 0.716. The van der Waals surface area contributed by atoms with Gasteiger partial charge in [-0.25, -0.2) is 5.10 Å². The molecule has 0 atom stereocenters. The van der Waals surface area contributed by atoms with Gasteiger partial charge in [-0.15, -0.1) is 0 Å². The number of nitrogens with one attached hydrogen (secondary N) is 1. The Hall–Kier alpha value is -2.46. The number of hydrogen-bond donors (Lipinski definition) is 1. The van der Waals surface area contributed by atoms with E-state index in [0.29, 0.717) is 16.0 Å². The Balaban J connectivity index is 1.54. The zero-order chi connectivity index (χ0) is 20.7. The number of ether oxygens (including phenoxy) is 1. The lowest BCUT2D eigenvalue weighted by atomic mass is 9.94. The summed E-state index contributed by atoms with van der Waals surface area (Å²) in [6.45, 7) is 0. The van der Waals surface area contributed by atoms with Crippen molar-refractivity contribution in [2.75, 3.05) is 19.1 Å². The molecule has 2 aliphatic heterocycles. The molecule has 8 nitrogen and oxygen atoms in total. The number of aromatic amines is 1. The molecular formula is C20H22N6O2S2. The first-order chi connectivity index (χ1) is 14.7. The zero-order valence-corrected chi connectivity index (χ0v) is 18.4. The van der Waals surface area contributed by atoms with Gasteiger partial charge in [0.25, 0.3) is 5.91 Å². The second-order valence-electron chi connectivity index (χ2n) is 7.40. The Morgan fingerprint density at radius 1 is 1.23 bits per heavy atom. The van der Waals surface area contributed by atoms with Crippen molar-refractivity contribution in [1.29, 1.82) is 0 Å². The molecule has 1 aromatic heterocycles. The normalized spacial score (nSPS) is 23.5. The molecular weight excluding hydrogens is 420 g/mol. The summed E-state index contributed by atoms with van der Waals surface area (Å²) >= 11 is 3.04. The SMILES string of the molecule is COc1ccc2c(c1)N(C)C(=C1SC(=Nc3ncn[nH]3)N(C3CCCCC3)C1=O)S2. The highest BCUT2D eigenvalue weighted by Crippen LogP contribution is 2.51. The average molecular weight is 443 g/mol. The largest absolute Gasteiger partial charge is 0.497 e. The highest BCUT2D eigenvalue weighted by atomic mass is 32.2. The van der Waals surface area contributed by atoms with Crippen molar-refractivity contribution in [3.63, 3.8) is 0 Å². The summed E-state index contributed by atoms with van der Waals surface area (Å²) in [5, 5.41) is 8.26. The van der Waals surface area contributed by atoms with E-state index in [9.17, 15) is 4.79 Å². The molecule has 3 heterocycles. The van der Waals surface area contributed by atoms with Gasteiger partial charge in [-0.2, -0.15) is 15.1 Å². The minimum Gasteiger partial charge on any atom is -0.497 e. The molecule has 1 aromatic carbocycles. The van der Waals surface area contributed by atoms with Crippen molar-refractivity contribution in [3.05, 3.63) is 34.5 Å². The fraction of sp³-hybridized carbons (Fsp3) is 0.400. The second-order valence-corrected chi connectivity index (χ2v) is 9.41. The molecule has 1 saturated carbocycles. The molecule has 1 N–H and O–H groups in total. The molecule has 5 rings (SSSR count). The third kappa shape index (κ3) is 3.37. The van der Waals surface area contributed by atoms with Gasteiger partial charge in [-0.3, -0.25) is 9.69 Å². The predicted octanol–water partition coefficient (Wildman–Crippen LogP) is 4.12. The Labute approximate surface area is 183 Å². The Kier molecular flexibility index (Phi) is 5.20. The van der Waals surface area contributed by atoms with Gasteiger partial charge in [0.2, 0.25) is 5.95 Å². The first-order valence-corrected chi connectivity index (χ1v) is 11.6. The lowest BCUT2D eigenvalue weighted by Gasteiger charge is -2.30. The number of aromatic nitrogens is 3. The number of carbonyl (C=O) groups is 1. The van der Waals surface area contributed by atoms with E-state index in [-0.39, 0.29) is 11.9 Å². The summed E-state index contributed by atoms with van der Waals surface area (Å²) < 4.78 is 5.37. The van der Waals surface area contributed by atoms with Gasteiger partial charge in [0, 0.05) is 24.1 Å². The van der Waals surface area contributed by atoms with Gasteiger partial charge < -0.3 is 9.64 Å². The number of methoxy groups -OCH3 is 1. The smallest absolute Gasteiger partial charge is 0.269 e.